The number of aromatic nitrogens is 2. The van der Waals surface area contributed by atoms with E-state index < -0.39 is 0 Å². The zero-order valence-corrected chi connectivity index (χ0v) is 11.6. The van der Waals surface area contributed by atoms with Gasteiger partial charge in [-0.15, -0.1) is 10.2 Å². The molecule has 0 atom stereocenters. The summed E-state index contributed by atoms with van der Waals surface area (Å²) in [6, 6.07) is 6.01. The van der Waals surface area contributed by atoms with Crippen molar-refractivity contribution in [3.8, 4) is 10.6 Å². The standard InChI is InChI=1S/C13H16N4OS/c1-9-2-3-10(8-11(9)14)12-15-16-13(19-12)17-4-6-18-7-5-17/h2-3,8H,4-7,14H2,1H3. The van der Waals surface area contributed by atoms with Gasteiger partial charge in [-0.05, 0) is 18.6 Å². The number of nitrogens with zero attached hydrogens (tertiary/aromatic N) is 3. The normalized spacial score (nSPS) is 15.7. The Morgan fingerprint density at radius 3 is 2.79 bits per heavy atom. The molecule has 5 nitrogen and oxygen atoms in total. The molecule has 0 bridgehead atoms. The van der Waals surface area contributed by atoms with Crippen molar-refractivity contribution in [3.05, 3.63) is 23.8 Å². The molecular weight excluding hydrogens is 260 g/mol. The number of nitrogens with two attached hydrogens (primary N) is 1. The SMILES string of the molecule is Cc1ccc(-c2nnc(N3CCOCC3)s2)cc1N. The van der Waals surface area contributed by atoms with Gasteiger partial charge in [0.1, 0.15) is 5.01 Å². The number of hydrogen-bond acceptors (Lipinski definition) is 6. The number of nitrogen functional groups attached to an aromatic ring is 1. The zero-order valence-electron chi connectivity index (χ0n) is 10.8. The molecule has 0 unspecified atom stereocenters. The minimum Gasteiger partial charge on any atom is -0.398 e. The second kappa shape index (κ2) is 5.14. The highest BCUT2D eigenvalue weighted by Crippen LogP contribution is 2.30. The number of anilines is 2. The minimum atomic E-state index is 0.756. The average Bonchev–Trinajstić information content (AvgIpc) is 2.93. The van der Waals surface area contributed by atoms with E-state index >= 15 is 0 Å². The first-order valence-corrected chi connectivity index (χ1v) is 7.08. The van der Waals surface area contributed by atoms with E-state index in [-0.39, 0.29) is 0 Å². The van der Waals surface area contributed by atoms with Crippen LogP contribution in [0.1, 0.15) is 5.56 Å². The van der Waals surface area contributed by atoms with Crippen molar-refractivity contribution in [1.82, 2.24) is 10.2 Å². The van der Waals surface area contributed by atoms with Crippen molar-refractivity contribution in [1.29, 1.82) is 0 Å². The lowest BCUT2D eigenvalue weighted by atomic mass is 10.1. The van der Waals surface area contributed by atoms with Gasteiger partial charge in [-0.2, -0.15) is 0 Å². The van der Waals surface area contributed by atoms with Crippen LogP contribution in [0.5, 0.6) is 0 Å². The molecule has 1 aliphatic rings. The largest absolute Gasteiger partial charge is 0.398 e. The highest BCUT2D eigenvalue weighted by molar-refractivity contribution is 7.18. The number of morpholine rings is 1. The summed E-state index contributed by atoms with van der Waals surface area (Å²) in [6.07, 6.45) is 0. The Labute approximate surface area is 116 Å². The smallest absolute Gasteiger partial charge is 0.208 e. The van der Waals surface area contributed by atoms with Gasteiger partial charge in [0.2, 0.25) is 5.13 Å². The summed E-state index contributed by atoms with van der Waals surface area (Å²) in [6.45, 7) is 5.27. The second-order valence-corrected chi connectivity index (χ2v) is 5.52. The van der Waals surface area contributed by atoms with E-state index in [0.717, 1.165) is 53.3 Å². The Morgan fingerprint density at radius 2 is 2.05 bits per heavy atom. The van der Waals surface area contributed by atoms with Crippen molar-refractivity contribution in [3.63, 3.8) is 0 Å². The van der Waals surface area contributed by atoms with Gasteiger partial charge >= 0.3 is 0 Å². The van der Waals surface area contributed by atoms with E-state index in [1.54, 1.807) is 11.3 Å². The molecule has 1 aromatic carbocycles. The molecule has 0 radical (unpaired) electrons. The summed E-state index contributed by atoms with van der Waals surface area (Å²) in [5.41, 5.74) is 8.84. The van der Waals surface area contributed by atoms with Crippen LogP contribution in [0, 0.1) is 6.92 Å². The fourth-order valence-electron chi connectivity index (χ4n) is 1.99. The molecule has 0 amide bonds. The van der Waals surface area contributed by atoms with Crippen LogP contribution in [0.4, 0.5) is 10.8 Å². The average molecular weight is 276 g/mol. The lowest BCUT2D eigenvalue weighted by Crippen LogP contribution is -2.36. The first-order valence-electron chi connectivity index (χ1n) is 6.27. The molecule has 2 aromatic rings. The quantitative estimate of drug-likeness (QED) is 0.849. The summed E-state index contributed by atoms with van der Waals surface area (Å²) in [5, 5.41) is 10.4. The van der Waals surface area contributed by atoms with E-state index in [9.17, 15) is 0 Å². The molecule has 100 valence electrons. The Kier molecular flexibility index (Phi) is 3.35. The molecule has 0 saturated carbocycles. The van der Waals surface area contributed by atoms with Gasteiger partial charge < -0.3 is 15.4 Å². The Balaban J connectivity index is 1.85. The van der Waals surface area contributed by atoms with Crippen molar-refractivity contribution in [2.45, 2.75) is 6.92 Å². The third-order valence-electron chi connectivity index (χ3n) is 3.22. The van der Waals surface area contributed by atoms with Gasteiger partial charge in [0.05, 0.1) is 13.2 Å². The summed E-state index contributed by atoms with van der Waals surface area (Å²) < 4.78 is 5.34. The highest BCUT2D eigenvalue weighted by Gasteiger charge is 2.16. The number of hydrogen-bond donors (Lipinski definition) is 1. The van der Waals surface area contributed by atoms with Gasteiger partial charge in [0, 0.05) is 24.3 Å². The number of aryl methyl sites for hydroxylation is 1. The van der Waals surface area contributed by atoms with Gasteiger partial charge in [0.25, 0.3) is 0 Å². The fourth-order valence-corrected chi connectivity index (χ4v) is 2.88. The molecular formula is C13H16N4OS. The van der Waals surface area contributed by atoms with Crippen molar-refractivity contribution in [2.24, 2.45) is 0 Å². The molecule has 6 heteroatoms. The third kappa shape index (κ3) is 2.54. The van der Waals surface area contributed by atoms with Crippen LogP contribution in [-0.4, -0.2) is 36.5 Å². The Hall–Kier alpha value is -1.66. The summed E-state index contributed by atoms with van der Waals surface area (Å²) >= 11 is 1.60. The van der Waals surface area contributed by atoms with Crippen molar-refractivity contribution in [2.75, 3.05) is 36.9 Å². The van der Waals surface area contributed by atoms with E-state index in [1.165, 1.54) is 0 Å². The van der Waals surface area contributed by atoms with Crippen LogP contribution in [0.15, 0.2) is 18.2 Å². The number of benzene rings is 1. The first kappa shape index (κ1) is 12.4. The molecule has 1 fully saturated rings. The predicted octanol–water partition coefficient (Wildman–Crippen LogP) is 1.93. The summed E-state index contributed by atoms with van der Waals surface area (Å²) in [7, 11) is 0. The third-order valence-corrected chi connectivity index (χ3v) is 4.26. The van der Waals surface area contributed by atoms with Crippen molar-refractivity contribution >= 4 is 22.2 Å². The van der Waals surface area contributed by atoms with Gasteiger partial charge in [-0.3, -0.25) is 0 Å². The van der Waals surface area contributed by atoms with Crippen LogP contribution in [0.3, 0.4) is 0 Å². The summed E-state index contributed by atoms with van der Waals surface area (Å²) in [4.78, 5) is 2.21. The molecule has 1 saturated heterocycles. The maximum atomic E-state index is 5.94. The second-order valence-electron chi connectivity index (χ2n) is 4.56. The van der Waals surface area contributed by atoms with Crippen LogP contribution in [-0.2, 0) is 4.74 Å². The molecule has 1 aromatic heterocycles. The molecule has 2 N–H and O–H groups in total. The molecule has 2 heterocycles. The van der Waals surface area contributed by atoms with Crippen molar-refractivity contribution < 1.29 is 4.74 Å². The predicted molar refractivity (Wildman–Crippen MR) is 77.5 cm³/mol. The van der Waals surface area contributed by atoms with Gasteiger partial charge in [0.15, 0.2) is 0 Å². The minimum absolute atomic E-state index is 0.756. The van der Waals surface area contributed by atoms with E-state index in [2.05, 4.69) is 15.1 Å². The molecule has 0 spiro atoms. The van der Waals surface area contributed by atoms with E-state index in [0.29, 0.717) is 0 Å². The Morgan fingerprint density at radius 1 is 1.26 bits per heavy atom. The molecule has 0 aliphatic carbocycles. The lowest BCUT2D eigenvalue weighted by molar-refractivity contribution is 0.122. The van der Waals surface area contributed by atoms with E-state index in [4.69, 9.17) is 10.5 Å². The van der Waals surface area contributed by atoms with Crippen LogP contribution < -0.4 is 10.6 Å². The molecule has 19 heavy (non-hydrogen) atoms. The highest BCUT2D eigenvalue weighted by atomic mass is 32.1. The van der Waals surface area contributed by atoms with Crippen LogP contribution in [0.25, 0.3) is 10.6 Å². The number of ether oxygens (including phenoxy) is 1. The summed E-state index contributed by atoms with van der Waals surface area (Å²) in [5.74, 6) is 0. The van der Waals surface area contributed by atoms with Gasteiger partial charge in [-0.25, -0.2) is 0 Å². The molecule has 3 rings (SSSR count). The fraction of sp³-hybridized carbons (Fsp3) is 0.385. The van der Waals surface area contributed by atoms with E-state index in [1.807, 2.05) is 25.1 Å². The maximum Gasteiger partial charge on any atom is 0.208 e. The Bertz CT molecular complexity index is 578. The first-order chi connectivity index (χ1) is 9.24. The molecule has 1 aliphatic heterocycles. The number of rotatable bonds is 2. The van der Waals surface area contributed by atoms with Gasteiger partial charge in [-0.1, -0.05) is 23.5 Å². The van der Waals surface area contributed by atoms with Crippen LogP contribution in [0.2, 0.25) is 0 Å². The topological polar surface area (TPSA) is 64.3 Å². The monoisotopic (exact) mass is 276 g/mol. The van der Waals surface area contributed by atoms with Crippen LogP contribution >= 0.6 is 11.3 Å². The lowest BCUT2D eigenvalue weighted by Gasteiger charge is -2.25. The zero-order chi connectivity index (χ0) is 13.2. The maximum absolute atomic E-state index is 5.94.